The first-order valence-electron chi connectivity index (χ1n) is 7.12. The maximum absolute atomic E-state index is 9.71. The minimum atomic E-state index is -0.354. The highest BCUT2D eigenvalue weighted by Crippen LogP contribution is 2.32. The number of ether oxygens (including phenoxy) is 1. The maximum atomic E-state index is 9.71. The van der Waals surface area contributed by atoms with Gasteiger partial charge in [-0.1, -0.05) is 27.2 Å². The van der Waals surface area contributed by atoms with Gasteiger partial charge in [-0.15, -0.1) is 0 Å². The first kappa shape index (κ1) is 14.9. The predicted octanol–water partition coefficient (Wildman–Crippen LogP) is 2.19. The van der Waals surface area contributed by atoms with Gasteiger partial charge >= 0.3 is 0 Å². The first-order chi connectivity index (χ1) is 8.13. The summed E-state index contributed by atoms with van der Waals surface area (Å²) in [6, 6.07) is 0.649. The van der Waals surface area contributed by atoms with E-state index in [1.54, 1.807) is 0 Å². The molecule has 0 heterocycles. The highest BCUT2D eigenvalue weighted by molar-refractivity contribution is 4.92. The molecule has 3 nitrogen and oxygen atoms in total. The summed E-state index contributed by atoms with van der Waals surface area (Å²) >= 11 is 0. The van der Waals surface area contributed by atoms with Crippen molar-refractivity contribution in [2.24, 2.45) is 11.8 Å². The Morgan fingerprint density at radius 1 is 1.41 bits per heavy atom. The van der Waals surface area contributed by atoms with Crippen molar-refractivity contribution in [3.05, 3.63) is 0 Å². The van der Waals surface area contributed by atoms with E-state index in [0.29, 0.717) is 19.2 Å². The summed E-state index contributed by atoms with van der Waals surface area (Å²) < 4.78 is 5.46. The van der Waals surface area contributed by atoms with E-state index in [-0.39, 0.29) is 6.10 Å². The zero-order valence-corrected chi connectivity index (χ0v) is 11.6. The van der Waals surface area contributed by atoms with Crippen LogP contribution in [0.5, 0.6) is 0 Å². The van der Waals surface area contributed by atoms with Crippen molar-refractivity contribution >= 4 is 0 Å². The van der Waals surface area contributed by atoms with E-state index < -0.39 is 0 Å². The predicted molar refractivity (Wildman–Crippen MR) is 71.1 cm³/mol. The van der Waals surface area contributed by atoms with E-state index in [1.165, 1.54) is 19.3 Å². The summed E-state index contributed by atoms with van der Waals surface area (Å²) in [4.78, 5) is 0. The Morgan fingerprint density at radius 2 is 2.18 bits per heavy atom. The Hall–Kier alpha value is -0.120. The van der Waals surface area contributed by atoms with Crippen LogP contribution in [0.4, 0.5) is 0 Å². The summed E-state index contributed by atoms with van der Waals surface area (Å²) in [5.74, 6) is 1.58. The van der Waals surface area contributed by atoms with Crippen molar-refractivity contribution in [2.45, 2.75) is 58.6 Å². The van der Waals surface area contributed by atoms with Crippen LogP contribution < -0.4 is 5.32 Å². The Balaban J connectivity index is 1.86. The Labute approximate surface area is 106 Å². The van der Waals surface area contributed by atoms with Crippen LogP contribution in [-0.4, -0.2) is 37.0 Å². The van der Waals surface area contributed by atoms with Crippen LogP contribution in [0.3, 0.4) is 0 Å². The van der Waals surface area contributed by atoms with Crippen LogP contribution in [0.25, 0.3) is 0 Å². The smallest absolute Gasteiger partial charge is 0.0897 e. The minimum Gasteiger partial charge on any atom is -0.389 e. The highest BCUT2D eigenvalue weighted by Gasteiger charge is 2.34. The summed E-state index contributed by atoms with van der Waals surface area (Å²) in [5.41, 5.74) is 0. The molecule has 1 fully saturated rings. The van der Waals surface area contributed by atoms with Crippen molar-refractivity contribution in [2.75, 3.05) is 19.8 Å². The second kappa shape index (κ2) is 8.06. The molecule has 0 aromatic heterocycles. The lowest BCUT2D eigenvalue weighted by Crippen LogP contribution is -2.32. The lowest BCUT2D eigenvalue weighted by Gasteiger charge is -2.12. The third kappa shape index (κ3) is 7.02. The number of rotatable bonds is 10. The molecular weight excluding hydrogens is 214 g/mol. The topological polar surface area (TPSA) is 41.5 Å². The van der Waals surface area contributed by atoms with Crippen LogP contribution in [0.15, 0.2) is 0 Å². The molecular formula is C14H29NO2. The van der Waals surface area contributed by atoms with Gasteiger partial charge in [0.1, 0.15) is 0 Å². The lowest BCUT2D eigenvalue weighted by molar-refractivity contribution is 0.0345. The van der Waals surface area contributed by atoms with Gasteiger partial charge in [-0.2, -0.15) is 0 Å². The van der Waals surface area contributed by atoms with Crippen LogP contribution >= 0.6 is 0 Å². The fourth-order valence-corrected chi connectivity index (χ4v) is 2.11. The normalized spacial score (nSPS) is 25.2. The van der Waals surface area contributed by atoms with Crippen molar-refractivity contribution in [3.63, 3.8) is 0 Å². The fraction of sp³-hybridized carbons (Fsp3) is 1.00. The molecule has 3 heteroatoms. The monoisotopic (exact) mass is 243 g/mol. The summed E-state index contributed by atoms with van der Waals surface area (Å²) in [6.07, 6.45) is 4.47. The zero-order chi connectivity index (χ0) is 12.7. The maximum Gasteiger partial charge on any atom is 0.0897 e. The molecule has 1 aliphatic carbocycles. The number of aliphatic hydroxyl groups is 1. The van der Waals surface area contributed by atoms with Crippen molar-refractivity contribution in [1.29, 1.82) is 0 Å². The van der Waals surface area contributed by atoms with Gasteiger partial charge in [0.05, 0.1) is 12.7 Å². The van der Waals surface area contributed by atoms with E-state index in [9.17, 15) is 5.11 Å². The van der Waals surface area contributed by atoms with Crippen LogP contribution in [0.1, 0.15) is 46.5 Å². The van der Waals surface area contributed by atoms with Crippen LogP contribution in [0.2, 0.25) is 0 Å². The van der Waals surface area contributed by atoms with Crippen LogP contribution in [0, 0.1) is 11.8 Å². The van der Waals surface area contributed by atoms with Gasteiger partial charge in [-0.25, -0.2) is 0 Å². The largest absolute Gasteiger partial charge is 0.389 e. The summed E-state index contributed by atoms with van der Waals surface area (Å²) in [6.45, 7) is 8.58. The van der Waals surface area contributed by atoms with Crippen LogP contribution in [-0.2, 0) is 4.74 Å². The Kier molecular flexibility index (Phi) is 7.09. The van der Waals surface area contributed by atoms with Gasteiger partial charge in [0.15, 0.2) is 0 Å². The molecule has 0 bridgehead atoms. The molecule has 0 saturated heterocycles. The molecule has 0 amide bonds. The third-order valence-corrected chi connectivity index (χ3v) is 3.44. The van der Waals surface area contributed by atoms with Crippen molar-refractivity contribution in [1.82, 2.24) is 5.32 Å². The number of nitrogens with one attached hydrogen (secondary N) is 1. The molecule has 17 heavy (non-hydrogen) atoms. The highest BCUT2D eigenvalue weighted by atomic mass is 16.5. The number of hydrogen-bond acceptors (Lipinski definition) is 3. The molecule has 1 aliphatic rings. The lowest BCUT2D eigenvalue weighted by atomic mass is 10.1. The molecule has 1 saturated carbocycles. The van der Waals surface area contributed by atoms with Gasteiger partial charge in [0.2, 0.25) is 0 Å². The Morgan fingerprint density at radius 3 is 2.76 bits per heavy atom. The average Bonchev–Trinajstić information content (AvgIpc) is 3.04. The molecule has 3 unspecified atom stereocenters. The third-order valence-electron chi connectivity index (χ3n) is 3.44. The number of aliphatic hydroxyl groups excluding tert-OH is 1. The zero-order valence-electron chi connectivity index (χ0n) is 11.6. The molecule has 1 rings (SSSR count). The van der Waals surface area contributed by atoms with E-state index in [0.717, 1.165) is 24.9 Å². The van der Waals surface area contributed by atoms with E-state index in [2.05, 4.69) is 26.1 Å². The second-order valence-corrected chi connectivity index (χ2v) is 5.68. The summed E-state index contributed by atoms with van der Waals surface area (Å²) in [7, 11) is 0. The quantitative estimate of drug-likeness (QED) is 0.578. The average molecular weight is 243 g/mol. The van der Waals surface area contributed by atoms with Gasteiger partial charge in [0, 0.05) is 19.2 Å². The standard InChI is InChI=1S/C14H29NO2/c1-4-12-8-14(12)15-9-13(16)10-17-7-5-6-11(2)3/h11-16H,4-10H2,1-3H3. The van der Waals surface area contributed by atoms with Crippen molar-refractivity contribution in [3.8, 4) is 0 Å². The van der Waals surface area contributed by atoms with Gasteiger partial charge < -0.3 is 15.2 Å². The van der Waals surface area contributed by atoms with E-state index in [4.69, 9.17) is 4.74 Å². The molecule has 0 spiro atoms. The van der Waals surface area contributed by atoms with E-state index >= 15 is 0 Å². The SMILES string of the molecule is CCC1CC1NCC(O)COCCCC(C)C. The van der Waals surface area contributed by atoms with Gasteiger partial charge in [-0.05, 0) is 31.1 Å². The molecule has 3 atom stereocenters. The second-order valence-electron chi connectivity index (χ2n) is 5.68. The molecule has 0 aromatic rings. The Bertz CT molecular complexity index is 197. The molecule has 0 aliphatic heterocycles. The molecule has 102 valence electrons. The first-order valence-corrected chi connectivity index (χ1v) is 7.12. The van der Waals surface area contributed by atoms with Crippen molar-refractivity contribution < 1.29 is 9.84 Å². The fourth-order valence-electron chi connectivity index (χ4n) is 2.11. The molecule has 0 radical (unpaired) electrons. The van der Waals surface area contributed by atoms with E-state index in [1.807, 2.05) is 0 Å². The minimum absolute atomic E-state index is 0.354. The van der Waals surface area contributed by atoms with Gasteiger partial charge in [0.25, 0.3) is 0 Å². The molecule has 2 N–H and O–H groups in total. The van der Waals surface area contributed by atoms with Gasteiger partial charge in [-0.3, -0.25) is 0 Å². The number of hydrogen-bond donors (Lipinski definition) is 2. The summed E-state index contributed by atoms with van der Waals surface area (Å²) in [5, 5.41) is 13.1. The molecule has 0 aromatic carbocycles.